The molecule has 2 aromatic rings. The largest absolute Gasteiger partial charge is 0.356 e. The molecule has 0 aliphatic carbocycles. The van der Waals surface area contributed by atoms with Crippen LogP contribution in [-0.2, 0) is 5.88 Å². The molecule has 0 saturated heterocycles. The maximum Gasteiger partial charge on any atom is 0.356 e. The van der Waals surface area contributed by atoms with Crippen molar-refractivity contribution < 1.29 is 4.92 Å². The second kappa shape index (κ2) is 4.14. The van der Waals surface area contributed by atoms with E-state index in [0.717, 1.165) is 9.96 Å². The molecule has 0 radical (unpaired) electrons. The van der Waals surface area contributed by atoms with Gasteiger partial charge in [-0.05, 0) is 24.6 Å². The molecule has 0 aliphatic heterocycles. The van der Waals surface area contributed by atoms with E-state index in [1.165, 1.54) is 6.20 Å². The fraction of sp³-hybridized carbons (Fsp3) is 0.200. The van der Waals surface area contributed by atoms with Gasteiger partial charge in [0.2, 0.25) is 0 Å². The summed E-state index contributed by atoms with van der Waals surface area (Å²) >= 11 is 5.57. The number of hydrogen-bond acceptors (Lipinski definition) is 4. The number of nitro groups is 1. The summed E-state index contributed by atoms with van der Waals surface area (Å²) in [5, 5.41) is 10.8. The number of fused-ring (bicyclic) bond motifs is 1. The molecule has 0 aromatic carbocycles. The molecule has 17 heavy (non-hydrogen) atoms. The first-order valence-corrected chi connectivity index (χ1v) is 5.30. The third kappa shape index (κ3) is 1.87. The molecule has 0 unspecified atom stereocenters. The van der Waals surface area contributed by atoms with Crippen LogP contribution in [0.3, 0.4) is 0 Å². The quantitative estimate of drug-likeness (QED) is 0.463. The summed E-state index contributed by atoms with van der Waals surface area (Å²) in [6.07, 6.45) is 1.46. The minimum absolute atomic E-state index is 0.00716. The standard InChI is InChI=1S/C10H8ClN3O3/c1-6-2-3-13-8(4-6)12-7(5-11)9(10(13)15)14(16)17/h2-4H,5H2,1H3. The average molecular weight is 254 g/mol. The molecule has 0 atom stereocenters. The van der Waals surface area contributed by atoms with E-state index in [4.69, 9.17) is 11.6 Å². The number of hydrogen-bond donors (Lipinski definition) is 0. The minimum Gasteiger partial charge on any atom is -0.262 e. The Labute approximate surface area is 101 Å². The highest BCUT2D eigenvalue weighted by Crippen LogP contribution is 2.15. The lowest BCUT2D eigenvalue weighted by molar-refractivity contribution is -0.387. The third-order valence-corrected chi connectivity index (χ3v) is 2.60. The van der Waals surface area contributed by atoms with Crippen LogP contribution in [0.2, 0.25) is 0 Å². The first kappa shape index (κ1) is 11.5. The Hall–Kier alpha value is -1.95. The maximum absolute atomic E-state index is 11.9. The summed E-state index contributed by atoms with van der Waals surface area (Å²) in [5.41, 5.74) is -0.0215. The van der Waals surface area contributed by atoms with Crippen LogP contribution in [-0.4, -0.2) is 14.3 Å². The van der Waals surface area contributed by atoms with Crippen LogP contribution in [0, 0.1) is 17.0 Å². The van der Waals surface area contributed by atoms with Gasteiger partial charge in [-0.25, -0.2) is 4.98 Å². The molecule has 6 nitrogen and oxygen atoms in total. The van der Waals surface area contributed by atoms with E-state index in [9.17, 15) is 14.9 Å². The lowest BCUT2D eigenvalue weighted by Crippen LogP contribution is -2.20. The van der Waals surface area contributed by atoms with Gasteiger partial charge >= 0.3 is 11.2 Å². The van der Waals surface area contributed by atoms with Gasteiger partial charge in [-0.15, -0.1) is 11.6 Å². The number of pyridine rings is 1. The van der Waals surface area contributed by atoms with Crippen molar-refractivity contribution in [2.75, 3.05) is 0 Å². The first-order chi connectivity index (χ1) is 8.04. The molecule has 2 heterocycles. The number of nitrogens with zero attached hydrogens (tertiary/aromatic N) is 3. The molecular weight excluding hydrogens is 246 g/mol. The SMILES string of the molecule is Cc1ccn2c(=O)c([N+](=O)[O-])c(CCl)nc2c1. The Balaban J connectivity index is 2.93. The van der Waals surface area contributed by atoms with Crippen LogP contribution in [0.5, 0.6) is 0 Å². The first-order valence-electron chi connectivity index (χ1n) is 4.77. The lowest BCUT2D eigenvalue weighted by Gasteiger charge is -2.03. The molecule has 88 valence electrons. The van der Waals surface area contributed by atoms with Crippen LogP contribution in [0.15, 0.2) is 23.1 Å². The Morgan fingerprint density at radius 3 is 2.88 bits per heavy atom. The van der Waals surface area contributed by atoms with Crippen molar-refractivity contribution >= 4 is 22.9 Å². The minimum atomic E-state index is -0.751. The second-order valence-electron chi connectivity index (χ2n) is 3.54. The number of rotatable bonds is 2. The molecule has 0 amide bonds. The van der Waals surface area contributed by atoms with E-state index >= 15 is 0 Å². The topological polar surface area (TPSA) is 77.5 Å². The zero-order valence-electron chi connectivity index (χ0n) is 8.88. The van der Waals surface area contributed by atoms with E-state index in [0.29, 0.717) is 5.65 Å². The van der Waals surface area contributed by atoms with Crippen molar-refractivity contribution in [3.63, 3.8) is 0 Å². The Kier molecular flexibility index (Phi) is 2.81. The van der Waals surface area contributed by atoms with E-state index in [2.05, 4.69) is 4.98 Å². The predicted octanol–water partition coefficient (Wildman–Crippen LogP) is 1.65. The Bertz CT molecular complexity index is 666. The molecule has 0 bridgehead atoms. The van der Waals surface area contributed by atoms with Crippen LogP contribution in [0.4, 0.5) is 5.69 Å². The highest BCUT2D eigenvalue weighted by atomic mass is 35.5. The highest BCUT2D eigenvalue weighted by Gasteiger charge is 2.22. The van der Waals surface area contributed by atoms with Crippen molar-refractivity contribution in [2.24, 2.45) is 0 Å². The predicted molar refractivity (Wildman–Crippen MR) is 62.4 cm³/mol. The van der Waals surface area contributed by atoms with Gasteiger partial charge in [0, 0.05) is 6.20 Å². The van der Waals surface area contributed by atoms with E-state index in [1.807, 2.05) is 6.92 Å². The molecular formula is C10H8ClN3O3. The summed E-state index contributed by atoms with van der Waals surface area (Å²) in [5.74, 6) is -0.171. The molecule has 7 heteroatoms. The monoisotopic (exact) mass is 253 g/mol. The van der Waals surface area contributed by atoms with E-state index in [-0.39, 0.29) is 11.6 Å². The molecule has 2 rings (SSSR count). The van der Waals surface area contributed by atoms with E-state index in [1.54, 1.807) is 12.1 Å². The maximum atomic E-state index is 11.9. The number of halogens is 1. The molecule has 0 N–H and O–H groups in total. The van der Waals surface area contributed by atoms with Crippen molar-refractivity contribution in [3.8, 4) is 0 Å². The van der Waals surface area contributed by atoms with Gasteiger partial charge in [-0.2, -0.15) is 0 Å². The molecule has 0 aliphatic rings. The van der Waals surface area contributed by atoms with Gasteiger partial charge in [0.05, 0.1) is 10.8 Å². The highest BCUT2D eigenvalue weighted by molar-refractivity contribution is 6.17. The number of aryl methyl sites for hydroxylation is 1. The summed E-state index contributed by atoms with van der Waals surface area (Å²) < 4.78 is 1.14. The van der Waals surface area contributed by atoms with Crippen LogP contribution in [0.25, 0.3) is 5.65 Å². The summed E-state index contributed by atoms with van der Waals surface area (Å²) in [7, 11) is 0. The fourth-order valence-corrected chi connectivity index (χ4v) is 1.74. The van der Waals surface area contributed by atoms with Gasteiger partial charge < -0.3 is 0 Å². The van der Waals surface area contributed by atoms with Gasteiger partial charge in [0.15, 0.2) is 0 Å². The Morgan fingerprint density at radius 2 is 2.29 bits per heavy atom. The zero-order valence-corrected chi connectivity index (χ0v) is 9.64. The Morgan fingerprint density at radius 1 is 1.59 bits per heavy atom. The normalized spacial score (nSPS) is 10.7. The zero-order chi connectivity index (χ0) is 12.6. The molecule has 0 spiro atoms. The number of alkyl halides is 1. The van der Waals surface area contributed by atoms with Crippen molar-refractivity contribution in [1.82, 2.24) is 9.38 Å². The summed E-state index contributed by atoms with van der Waals surface area (Å²) in [6, 6.07) is 3.35. The van der Waals surface area contributed by atoms with Gasteiger partial charge in [0.25, 0.3) is 0 Å². The molecule has 0 fully saturated rings. The van der Waals surface area contributed by atoms with Crippen molar-refractivity contribution in [2.45, 2.75) is 12.8 Å². The van der Waals surface area contributed by atoms with Gasteiger partial charge in [-0.3, -0.25) is 19.3 Å². The summed E-state index contributed by atoms with van der Waals surface area (Å²) in [6.45, 7) is 1.84. The van der Waals surface area contributed by atoms with Crippen molar-refractivity contribution in [1.29, 1.82) is 0 Å². The number of aromatic nitrogens is 2. The van der Waals surface area contributed by atoms with Crippen molar-refractivity contribution in [3.05, 3.63) is 50.1 Å². The second-order valence-corrected chi connectivity index (χ2v) is 3.80. The van der Waals surface area contributed by atoms with Crippen LogP contribution >= 0.6 is 11.6 Å². The lowest BCUT2D eigenvalue weighted by atomic mass is 10.3. The smallest absolute Gasteiger partial charge is 0.262 e. The average Bonchev–Trinajstić information content (AvgIpc) is 2.27. The van der Waals surface area contributed by atoms with Crippen LogP contribution in [0.1, 0.15) is 11.3 Å². The molecule has 2 aromatic heterocycles. The summed E-state index contributed by atoms with van der Waals surface area (Å²) in [4.78, 5) is 26.0. The third-order valence-electron chi connectivity index (χ3n) is 2.34. The van der Waals surface area contributed by atoms with Crippen LogP contribution < -0.4 is 5.56 Å². The fourth-order valence-electron chi connectivity index (χ4n) is 1.55. The van der Waals surface area contributed by atoms with Gasteiger partial charge in [-0.1, -0.05) is 0 Å². The van der Waals surface area contributed by atoms with E-state index < -0.39 is 16.2 Å². The molecule has 0 saturated carbocycles. The van der Waals surface area contributed by atoms with Gasteiger partial charge in [0.1, 0.15) is 11.3 Å².